The average molecular weight is 271 g/mol. The maximum atomic E-state index is 5.33. The summed E-state index contributed by atoms with van der Waals surface area (Å²) in [6.45, 7) is 13.4. The zero-order valence-corrected chi connectivity index (χ0v) is 13.7. The predicted octanol–water partition coefficient (Wildman–Crippen LogP) is 4.84. The van der Waals surface area contributed by atoms with Crippen molar-refractivity contribution in [2.75, 3.05) is 7.11 Å². The third-order valence-corrected chi connectivity index (χ3v) is 3.59. The van der Waals surface area contributed by atoms with Crippen LogP contribution in [0.5, 0.6) is 5.75 Å². The van der Waals surface area contributed by atoms with E-state index in [4.69, 9.17) is 9.72 Å². The molecular formula is C18H25NO. The molecule has 0 aliphatic heterocycles. The highest BCUT2D eigenvalue weighted by Gasteiger charge is 2.23. The Kier molecular flexibility index (Phi) is 3.53. The Labute approximate surface area is 122 Å². The zero-order chi connectivity index (χ0) is 15.1. The summed E-state index contributed by atoms with van der Waals surface area (Å²) in [5, 5.41) is 1.21. The van der Waals surface area contributed by atoms with E-state index in [9.17, 15) is 0 Å². The fourth-order valence-electron chi connectivity index (χ4n) is 2.34. The summed E-state index contributed by atoms with van der Waals surface area (Å²) in [7, 11) is 1.69. The first-order chi connectivity index (χ1) is 9.13. The van der Waals surface area contributed by atoms with Gasteiger partial charge in [-0.1, -0.05) is 41.5 Å². The topological polar surface area (TPSA) is 22.1 Å². The number of methoxy groups -OCH3 is 1. The van der Waals surface area contributed by atoms with Crippen molar-refractivity contribution in [2.45, 2.75) is 52.4 Å². The van der Waals surface area contributed by atoms with Gasteiger partial charge in [0, 0.05) is 22.6 Å². The van der Waals surface area contributed by atoms with Crippen LogP contribution in [-0.2, 0) is 10.8 Å². The molecule has 2 rings (SSSR count). The van der Waals surface area contributed by atoms with Crippen LogP contribution < -0.4 is 4.74 Å². The number of fused-ring (bicyclic) bond motifs is 1. The van der Waals surface area contributed by atoms with Crippen molar-refractivity contribution in [1.29, 1.82) is 0 Å². The quantitative estimate of drug-likeness (QED) is 0.740. The van der Waals surface area contributed by atoms with E-state index in [2.05, 4.69) is 53.7 Å². The molecule has 0 aliphatic rings. The SMILES string of the molecule is COc1ccc2c(C(C)(C)C)cc(C(C)(C)C)nc2c1. The van der Waals surface area contributed by atoms with E-state index < -0.39 is 0 Å². The largest absolute Gasteiger partial charge is 0.497 e. The van der Waals surface area contributed by atoms with Gasteiger partial charge in [0.05, 0.1) is 12.6 Å². The second kappa shape index (κ2) is 4.76. The minimum Gasteiger partial charge on any atom is -0.497 e. The maximum Gasteiger partial charge on any atom is 0.121 e. The van der Waals surface area contributed by atoms with E-state index in [0.29, 0.717) is 0 Å². The molecule has 108 valence electrons. The molecule has 1 heterocycles. The van der Waals surface area contributed by atoms with Gasteiger partial charge < -0.3 is 4.74 Å². The zero-order valence-electron chi connectivity index (χ0n) is 13.7. The van der Waals surface area contributed by atoms with Gasteiger partial charge in [0.2, 0.25) is 0 Å². The van der Waals surface area contributed by atoms with Crippen molar-refractivity contribution < 1.29 is 4.74 Å². The van der Waals surface area contributed by atoms with Crippen molar-refractivity contribution >= 4 is 10.9 Å². The van der Waals surface area contributed by atoms with Crippen molar-refractivity contribution in [3.05, 3.63) is 35.5 Å². The monoisotopic (exact) mass is 271 g/mol. The highest BCUT2D eigenvalue weighted by molar-refractivity contribution is 5.85. The van der Waals surface area contributed by atoms with Crippen LogP contribution in [0.4, 0.5) is 0 Å². The number of rotatable bonds is 1. The first-order valence-electron chi connectivity index (χ1n) is 7.12. The third kappa shape index (κ3) is 2.79. The number of hydrogen-bond donors (Lipinski definition) is 0. The maximum absolute atomic E-state index is 5.33. The Morgan fingerprint density at radius 1 is 0.900 bits per heavy atom. The highest BCUT2D eigenvalue weighted by Crippen LogP contribution is 2.34. The van der Waals surface area contributed by atoms with Gasteiger partial charge in [-0.05, 0) is 29.2 Å². The smallest absolute Gasteiger partial charge is 0.121 e. The van der Waals surface area contributed by atoms with Gasteiger partial charge in [-0.25, -0.2) is 0 Å². The van der Waals surface area contributed by atoms with Crippen LogP contribution in [0.1, 0.15) is 52.8 Å². The van der Waals surface area contributed by atoms with Crippen molar-refractivity contribution in [1.82, 2.24) is 4.98 Å². The van der Waals surface area contributed by atoms with E-state index in [-0.39, 0.29) is 10.8 Å². The van der Waals surface area contributed by atoms with E-state index >= 15 is 0 Å². The van der Waals surface area contributed by atoms with E-state index in [1.807, 2.05) is 12.1 Å². The number of ether oxygens (including phenoxy) is 1. The minimum absolute atomic E-state index is 0.0390. The summed E-state index contributed by atoms with van der Waals surface area (Å²) in [5.74, 6) is 0.857. The normalized spacial score (nSPS) is 12.8. The molecule has 0 saturated heterocycles. The Morgan fingerprint density at radius 2 is 1.55 bits per heavy atom. The molecule has 0 saturated carbocycles. The summed E-state index contributed by atoms with van der Waals surface area (Å²) < 4.78 is 5.33. The molecule has 0 aliphatic carbocycles. The fourth-order valence-corrected chi connectivity index (χ4v) is 2.34. The number of nitrogens with zero attached hydrogens (tertiary/aromatic N) is 1. The van der Waals surface area contributed by atoms with Crippen molar-refractivity contribution in [2.24, 2.45) is 0 Å². The summed E-state index contributed by atoms with van der Waals surface area (Å²) in [6, 6.07) is 8.42. The summed E-state index contributed by atoms with van der Waals surface area (Å²) in [5.41, 5.74) is 3.62. The lowest BCUT2D eigenvalue weighted by molar-refractivity contribution is 0.415. The second-order valence-electron chi connectivity index (χ2n) is 7.44. The minimum atomic E-state index is 0.0390. The highest BCUT2D eigenvalue weighted by atomic mass is 16.5. The van der Waals surface area contributed by atoms with Crippen LogP contribution in [0.2, 0.25) is 0 Å². The molecule has 0 amide bonds. The van der Waals surface area contributed by atoms with Gasteiger partial charge in [-0.15, -0.1) is 0 Å². The molecule has 0 bridgehead atoms. The van der Waals surface area contributed by atoms with E-state index in [1.54, 1.807) is 7.11 Å². The Morgan fingerprint density at radius 3 is 2.05 bits per heavy atom. The lowest BCUT2D eigenvalue weighted by atomic mass is 9.81. The van der Waals surface area contributed by atoms with Gasteiger partial charge >= 0.3 is 0 Å². The summed E-state index contributed by atoms with van der Waals surface area (Å²) in [6.07, 6.45) is 0. The number of aromatic nitrogens is 1. The van der Waals surface area contributed by atoms with Crippen molar-refractivity contribution in [3.63, 3.8) is 0 Å². The molecule has 20 heavy (non-hydrogen) atoms. The molecule has 0 fully saturated rings. The van der Waals surface area contributed by atoms with Crippen LogP contribution >= 0.6 is 0 Å². The predicted molar refractivity (Wildman–Crippen MR) is 85.7 cm³/mol. The van der Waals surface area contributed by atoms with Crippen LogP contribution in [0.25, 0.3) is 10.9 Å². The van der Waals surface area contributed by atoms with Gasteiger partial charge in [-0.2, -0.15) is 0 Å². The third-order valence-electron chi connectivity index (χ3n) is 3.59. The van der Waals surface area contributed by atoms with Gasteiger partial charge in [0.25, 0.3) is 0 Å². The molecule has 2 nitrogen and oxygen atoms in total. The lowest BCUT2D eigenvalue weighted by Crippen LogP contribution is -2.18. The molecule has 0 atom stereocenters. The molecule has 1 aromatic carbocycles. The molecule has 0 spiro atoms. The molecule has 0 radical (unpaired) electrons. The van der Waals surface area contributed by atoms with Crippen molar-refractivity contribution in [3.8, 4) is 5.75 Å². The van der Waals surface area contributed by atoms with Gasteiger partial charge in [0.1, 0.15) is 5.75 Å². The van der Waals surface area contributed by atoms with Crippen LogP contribution in [0.15, 0.2) is 24.3 Å². The fraction of sp³-hybridized carbons (Fsp3) is 0.500. The van der Waals surface area contributed by atoms with Crippen LogP contribution in [0, 0.1) is 0 Å². The van der Waals surface area contributed by atoms with E-state index in [0.717, 1.165) is 17.0 Å². The first-order valence-corrected chi connectivity index (χ1v) is 7.12. The molecule has 0 unspecified atom stereocenters. The standard InChI is InChI=1S/C18H25NO/c1-17(2,3)14-11-16(18(4,5)6)19-15-10-12(20-7)8-9-13(14)15/h8-11H,1-7H3. The summed E-state index contributed by atoms with van der Waals surface area (Å²) in [4.78, 5) is 4.85. The van der Waals surface area contributed by atoms with Crippen LogP contribution in [-0.4, -0.2) is 12.1 Å². The molecule has 2 aromatic rings. The number of pyridine rings is 1. The van der Waals surface area contributed by atoms with E-state index in [1.165, 1.54) is 10.9 Å². The molecule has 1 aromatic heterocycles. The molecule has 2 heteroatoms. The first kappa shape index (κ1) is 14.8. The Balaban J connectivity index is 2.82. The number of hydrogen-bond acceptors (Lipinski definition) is 2. The molecular weight excluding hydrogens is 246 g/mol. The Hall–Kier alpha value is -1.57. The van der Waals surface area contributed by atoms with Crippen LogP contribution in [0.3, 0.4) is 0 Å². The van der Waals surface area contributed by atoms with Gasteiger partial charge in [0.15, 0.2) is 0 Å². The second-order valence-corrected chi connectivity index (χ2v) is 7.44. The lowest BCUT2D eigenvalue weighted by Gasteiger charge is -2.26. The van der Waals surface area contributed by atoms with Gasteiger partial charge in [-0.3, -0.25) is 4.98 Å². The summed E-state index contributed by atoms with van der Waals surface area (Å²) >= 11 is 0. The number of benzene rings is 1. The Bertz CT molecular complexity index is 630. The average Bonchev–Trinajstić information content (AvgIpc) is 2.34. The molecule has 0 N–H and O–H groups in total.